The lowest BCUT2D eigenvalue weighted by atomic mass is 9.96. The summed E-state index contributed by atoms with van der Waals surface area (Å²) in [5.74, 6) is -0.695. The number of H-pyrrole nitrogens is 1. The second-order valence-electron chi connectivity index (χ2n) is 8.35. The van der Waals surface area contributed by atoms with Gasteiger partial charge in [-0.05, 0) is 60.4 Å². The summed E-state index contributed by atoms with van der Waals surface area (Å²) in [6.45, 7) is 2.32. The van der Waals surface area contributed by atoms with Crippen LogP contribution in [0.25, 0.3) is 22.2 Å². The van der Waals surface area contributed by atoms with E-state index < -0.39 is 11.4 Å². The van der Waals surface area contributed by atoms with Gasteiger partial charge in [0.05, 0.1) is 17.1 Å². The molecule has 2 aliphatic rings. The van der Waals surface area contributed by atoms with Crippen molar-refractivity contribution in [2.75, 3.05) is 0 Å². The molecule has 2 N–H and O–H groups in total. The number of hydrogen-bond acceptors (Lipinski definition) is 2. The van der Waals surface area contributed by atoms with Gasteiger partial charge in [0, 0.05) is 23.2 Å². The lowest BCUT2D eigenvalue weighted by Gasteiger charge is -2.10. The molecule has 0 bridgehead atoms. The average molecular weight is 346 g/mol. The van der Waals surface area contributed by atoms with Crippen LogP contribution in [0, 0.1) is 5.41 Å². The maximum absolute atomic E-state index is 11.4. The van der Waals surface area contributed by atoms with Crippen molar-refractivity contribution in [2.45, 2.75) is 44.4 Å². The van der Waals surface area contributed by atoms with Crippen LogP contribution >= 0.6 is 0 Å². The molecule has 26 heavy (non-hydrogen) atoms. The Bertz CT molecular complexity index is 1030. The first-order valence-corrected chi connectivity index (χ1v) is 9.30. The number of aromatic amines is 1. The molecule has 1 aromatic carbocycles. The predicted molar refractivity (Wildman–Crippen MR) is 101 cm³/mol. The van der Waals surface area contributed by atoms with Crippen molar-refractivity contribution in [1.29, 1.82) is 0 Å². The van der Waals surface area contributed by atoms with Crippen LogP contribution in [0.3, 0.4) is 0 Å². The molecule has 4 nitrogen and oxygen atoms in total. The Morgan fingerprint density at radius 2 is 2.00 bits per heavy atom. The van der Waals surface area contributed by atoms with E-state index in [2.05, 4.69) is 47.2 Å². The van der Waals surface area contributed by atoms with E-state index in [0.29, 0.717) is 11.8 Å². The number of aliphatic carboxylic acids is 1. The third-order valence-electron chi connectivity index (χ3n) is 6.26. The van der Waals surface area contributed by atoms with E-state index in [1.807, 2.05) is 12.3 Å². The van der Waals surface area contributed by atoms with E-state index in [1.165, 1.54) is 24.0 Å². The van der Waals surface area contributed by atoms with E-state index >= 15 is 0 Å². The van der Waals surface area contributed by atoms with Crippen LogP contribution < -0.4 is 0 Å². The van der Waals surface area contributed by atoms with Gasteiger partial charge in [-0.2, -0.15) is 0 Å². The van der Waals surface area contributed by atoms with Crippen molar-refractivity contribution in [3.05, 3.63) is 53.9 Å². The van der Waals surface area contributed by atoms with Crippen molar-refractivity contribution in [2.24, 2.45) is 5.41 Å². The Hall–Kier alpha value is -2.62. The first kappa shape index (κ1) is 15.6. The number of nitrogens with zero attached hydrogens (tertiary/aromatic N) is 1. The minimum Gasteiger partial charge on any atom is -0.481 e. The summed E-state index contributed by atoms with van der Waals surface area (Å²) in [5, 5.41) is 10.5. The summed E-state index contributed by atoms with van der Waals surface area (Å²) in [5.41, 5.74) is 5.32. The molecule has 3 aromatic rings. The van der Waals surface area contributed by atoms with Gasteiger partial charge in [-0.15, -0.1) is 0 Å². The quantitative estimate of drug-likeness (QED) is 0.704. The molecule has 0 atom stereocenters. The molecule has 2 fully saturated rings. The molecule has 0 unspecified atom stereocenters. The Labute approximate surface area is 152 Å². The van der Waals surface area contributed by atoms with Gasteiger partial charge in [0.2, 0.25) is 0 Å². The van der Waals surface area contributed by atoms with E-state index in [9.17, 15) is 9.90 Å². The van der Waals surface area contributed by atoms with Crippen molar-refractivity contribution in [3.8, 4) is 11.3 Å². The summed E-state index contributed by atoms with van der Waals surface area (Å²) in [6.07, 6.45) is 6.40. The highest BCUT2D eigenvalue weighted by Gasteiger charge is 2.50. The smallest absolute Gasteiger partial charge is 0.310 e. The molecule has 2 aromatic heterocycles. The van der Waals surface area contributed by atoms with Gasteiger partial charge in [-0.1, -0.05) is 25.1 Å². The van der Waals surface area contributed by atoms with Crippen molar-refractivity contribution in [1.82, 2.24) is 9.97 Å². The third-order valence-corrected chi connectivity index (χ3v) is 6.26. The van der Waals surface area contributed by atoms with Crippen LogP contribution in [0.2, 0.25) is 0 Å². The fraction of sp³-hybridized carbons (Fsp3) is 0.364. The van der Waals surface area contributed by atoms with Crippen LogP contribution in [0.15, 0.2) is 42.6 Å². The number of pyridine rings is 1. The van der Waals surface area contributed by atoms with Gasteiger partial charge in [0.25, 0.3) is 0 Å². The second-order valence-corrected chi connectivity index (χ2v) is 8.35. The van der Waals surface area contributed by atoms with Gasteiger partial charge < -0.3 is 10.1 Å². The van der Waals surface area contributed by atoms with E-state index in [0.717, 1.165) is 35.1 Å². The number of aromatic nitrogens is 2. The normalized spacial score (nSPS) is 19.4. The predicted octanol–water partition coefficient (Wildman–Crippen LogP) is 4.69. The first-order valence-electron chi connectivity index (χ1n) is 9.30. The summed E-state index contributed by atoms with van der Waals surface area (Å²) in [7, 11) is 0. The Morgan fingerprint density at radius 3 is 2.69 bits per heavy atom. The number of rotatable bonds is 5. The van der Waals surface area contributed by atoms with Gasteiger partial charge in [-0.3, -0.25) is 9.78 Å². The van der Waals surface area contributed by atoms with Crippen LogP contribution in [-0.4, -0.2) is 21.0 Å². The Balaban J connectivity index is 1.48. The highest BCUT2D eigenvalue weighted by molar-refractivity contribution is 5.86. The molecule has 0 amide bonds. The summed E-state index contributed by atoms with van der Waals surface area (Å²) >= 11 is 0. The maximum Gasteiger partial charge on any atom is 0.310 e. The molecule has 0 saturated heterocycles. The number of carboxylic acid groups (broad SMARTS) is 1. The van der Waals surface area contributed by atoms with Crippen molar-refractivity contribution >= 4 is 16.9 Å². The van der Waals surface area contributed by atoms with Gasteiger partial charge in [-0.25, -0.2) is 0 Å². The molecule has 0 radical (unpaired) electrons. The van der Waals surface area contributed by atoms with Crippen molar-refractivity contribution in [3.63, 3.8) is 0 Å². The van der Waals surface area contributed by atoms with Gasteiger partial charge in [0.1, 0.15) is 0 Å². The molecule has 132 valence electrons. The van der Waals surface area contributed by atoms with Crippen LogP contribution in [0.5, 0.6) is 0 Å². The zero-order valence-electron chi connectivity index (χ0n) is 14.9. The standard InChI is InChI=1S/C22H22N2O2/c1-21(5-6-21)16-4-2-3-14(9-16)18-11-15-10-17(23-13-19(15)24-18)12-22(7-8-22)20(25)26/h2-4,9-11,13,24H,5-8,12H2,1H3,(H,25,26). The fourth-order valence-corrected chi connectivity index (χ4v) is 3.83. The highest BCUT2D eigenvalue weighted by Crippen LogP contribution is 2.49. The Kier molecular flexibility index (Phi) is 3.12. The minimum atomic E-state index is -0.695. The average Bonchev–Trinajstić information content (AvgIpc) is 3.53. The first-order chi connectivity index (χ1) is 12.5. The van der Waals surface area contributed by atoms with E-state index in [1.54, 1.807) is 0 Å². The molecule has 2 heterocycles. The summed E-state index contributed by atoms with van der Waals surface area (Å²) in [4.78, 5) is 19.4. The molecular weight excluding hydrogens is 324 g/mol. The largest absolute Gasteiger partial charge is 0.481 e. The van der Waals surface area contributed by atoms with Crippen LogP contribution in [-0.2, 0) is 16.6 Å². The molecule has 2 aliphatic carbocycles. The van der Waals surface area contributed by atoms with Crippen molar-refractivity contribution < 1.29 is 9.90 Å². The zero-order chi connectivity index (χ0) is 17.9. The van der Waals surface area contributed by atoms with Crippen LogP contribution in [0.4, 0.5) is 0 Å². The maximum atomic E-state index is 11.4. The molecule has 0 spiro atoms. The lowest BCUT2D eigenvalue weighted by molar-refractivity contribution is -0.143. The van der Waals surface area contributed by atoms with Gasteiger partial charge >= 0.3 is 5.97 Å². The number of carboxylic acids is 1. The molecular formula is C22H22N2O2. The Morgan fingerprint density at radius 1 is 1.19 bits per heavy atom. The number of hydrogen-bond donors (Lipinski definition) is 2. The topological polar surface area (TPSA) is 66.0 Å². The number of fused-ring (bicyclic) bond motifs is 1. The number of carbonyl (C=O) groups is 1. The summed E-state index contributed by atoms with van der Waals surface area (Å²) < 4.78 is 0. The third kappa shape index (κ3) is 2.52. The molecule has 5 rings (SSSR count). The van der Waals surface area contributed by atoms with E-state index in [4.69, 9.17) is 0 Å². The molecule has 0 aliphatic heterocycles. The minimum absolute atomic E-state index is 0.353. The molecule has 2 saturated carbocycles. The second kappa shape index (κ2) is 5.19. The SMILES string of the molecule is CC1(c2cccc(-c3cc4cc(CC5(C(=O)O)CC5)ncc4[nH]3)c2)CC1. The monoisotopic (exact) mass is 346 g/mol. The zero-order valence-corrected chi connectivity index (χ0v) is 14.9. The van der Waals surface area contributed by atoms with E-state index in [-0.39, 0.29) is 0 Å². The lowest BCUT2D eigenvalue weighted by Crippen LogP contribution is -2.18. The fourth-order valence-electron chi connectivity index (χ4n) is 3.83. The highest BCUT2D eigenvalue weighted by atomic mass is 16.4. The molecule has 4 heteroatoms. The van der Waals surface area contributed by atoms with Gasteiger partial charge in [0.15, 0.2) is 0 Å². The summed E-state index contributed by atoms with van der Waals surface area (Å²) in [6, 6.07) is 13.0. The number of benzene rings is 1. The number of nitrogens with one attached hydrogen (secondary N) is 1. The van der Waals surface area contributed by atoms with Crippen LogP contribution in [0.1, 0.15) is 43.9 Å².